The largest absolute Gasteiger partial charge is 0.505 e. The predicted octanol–water partition coefficient (Wildman–Crippen LogP) is 1.08. The minimum atomic E-state index is 0.195. The molecule has 0 radical (unpaired) electrons. The SMILES string of the molecule is Cc1cc(C)nc(-[n+]2cccc(O)c2)n1. The van der Waals surface area contributed by atoms with Gasteiger partial charge in [-0.2, -0.15) is 0 Å². The Balaban J connectivity index is 2.54. The third-order valence-corrected chi connectivity index (χ3v) is 1.99. The second-order valence-electron chi connectivity index (χ2n) is 3.42. The minimum Gasteiger partial charge on any atom is -0.505 e. The van der Waals surface area contributed by atoms with E-state index >= 15 is 0 Å². The van der Waals surface area contributed by atoms with E-state index in [4.69, 9.17) is 0 Å². The molecule has 0 aromatic carbocycles. The van der Waals surface area contributed by atoms with Crippen LogP contribution in [0.1, 0.15) is 11.4 Å². The summed E-state index contributed by atoms with van der Waals surface area (Å²) in [6, 6.07) is 5.27. The summed E-state index contributed by atoms with van der Waals surface area (Å²) in [6.45, 7) is 3.84. The highest BCUT2D eigenvalue weighted by Crippen LogP contribution is 2.03. The third-order valence-electron chi connectivity index (χ3n) is 1.99. The maximum atomic E-state index is 9.34. The molecular formula is C11H12N3O+. The fourth-order valence-corrected chi connectivity index (χ4v) is 1.41. The van der Waals surface area contributed by atoms with E-state index in [1.807, 2.05) is 19.9 Å². The normalized spacial score (nSPS) is 10.3. The van der Waals surface area contributed by atoms with Crippen molar-refractivity contribution in [3.8, 4) is 11.7 Å². The highest BCUT2D eigenvalue weighted by Gasteiger charge is 2.11. The third kappa shape index (κ3) is 2.10. The van der Waals surface area contributed by atoms with Gasteiger partial charge in [-0.1, -0.05) is 9.97 Å². The number of aromatic hydroxyl groups is 1. The zero-order valence-corrected chi connectivity index (χ0v) is 8.68. The Morgan fingerprint density at radius 3 is 2.47 bits per heavy atom. The second-order valence-corrected chi connectivity index (χ2v) is 3.42. The minimum absolute atomic E-state index is 0.195. The Kier molecular flexibility index (Phi) is 2.33. The first-order valence-electron chi connectivity index (χ1n) is 4.68. The molecule has 4 heteroatoms. The van der Waals surface area contributed by atoms with Gasteiger partial charge in [-0.15, -0.1) is 0 Å². The topological polar surface area (TPSA) is 49.9 Å². The van der Waals surface area contributed by atoms with Gasteiger partial charge in [0, 0.05) is 6.07 Å². The summed E-state index contributed by atoms with van der Waals surface area (Å²) in [5.74, 6) is 0.767. The Hall–Kier alpha value is -1.97. The van der Waals surface area contributed by atoms with E-state index in [1.165, 1.54) is 0 Å². The number of hydrogen-bond acceptors (Lipinski definition) is 3. The van der Waals surface area contributed by atoms with Crippen molar-refractivity contribution in [1.29, 1.82) is 0 Å². The summed E-state index contributed by atoms with van der Waals surface area (Å²) in [5.41, 5.74) is 1.82. The lowest BCUT2D eigenvalue weighted by atomic mass is 10.3. The van der Waals surface area contributed by atoms with Gasteiger partial charge >= 0.3 is 5.95 Å². The summed E-state index contributed by atoms with van der Waals surface area (Å²) < 4.78 is 1.69. The van der Waals surface area contributed by atoms with Crippen LogP contribution in [0, 0.1) is 13.8 Å². The summed E-state index contributed by atoms with van der Waals surface area (Å²) in [6.07, 6.45) is 3.38. The molecule has 0 atom stereocenters. The number of pyridine rings is 1. The first-order chi connectivity index (χ1) is 7.15. The molecule has 0 saturated heterocycles. The molecule has 0 aliphatic carbocycles. The predicted molar refractivity (Wildman–Crippen MR) is 54.7 cm³/mol. The lowest BCUT2D eigenvalue weighted by Gasteiger charge is -1.97. The molecule has 0 unspecified atom stereocenters. The van der Waals surface area contributed by atoms with Crippen LogP contribution in [-0.2, 0) is 0 Å². The van der Waals surface area contributed by atoms with Crippen LogP contribution >= 0.6 is 0 Å². The van der Waals surface area contributed by atoms with Crippen LogP contribution in [0.4, 0.5) is 0 Å². The Morgan fingerprint density at radius 2 is 1.87 bits per heavy atom. The molecule has 0 spiro atoms. The van der Waals surface area contributed by atoms with E-state index in [-0.39, 0.29) is 5.75 Å². The zero-order chi connectivity index (χ0) is 10.8. The average Bonchev–Trinajstić information content (AvgIpc) is 2.16. The first kappa shape index (κ1) is 9.58. The summed E-state index contributed by atoms with van der Waals surface area (Å²) in [5, 5.41) is 9.34. The lowest BCUT2D eigenvalue weighted by molar-refractivity contribution is -0.604. The van der Waals surface area contributed by atoms with Crippen molar-refractivity contribution in [3.05, 3.63) is 42.0 Å². The molecule has 15 heavy (non-hydrogen) atoms. The molecule has 2 aromatic heterocycles. The molecule has 0 aliphatic heterocycles. The fourth-order valence-electron chi connectivity index (χ4n) is 1.41. The molecule has 2 rings (SSSR count). The molecule has 0 fully saturated rings. The van der Waals surface area contributed by atoms with Gasteiger partial charge in [-0.3, -0.25) is 0 Å². The van der Waals surface area contributed by atoms with Crippen LogP contribution in [0.3, 0.4) is 0 Å². The van der Waals surface area contributed by atoms with Gasteiger partial charge in [0.25, 0.3) is 0 Å². The molecule has 0 bridgehead atoms. The van der Waals surface area contributed by atoms with Gasteiger partial charge in [-0.05, 0) is 26.0 Å². The summed E-state index contributed by atoms with van der Waals surface area (Å²) in [7, 11) is 0. The molecular weight excluding hydrogens is 190 g/mol. The molecule has 0 saturated carbocycles. The summed E-state index contributed by atoms with van der Waals surface area (Å²) in [4.78, 5) is 8.57. The van der Waals surface area contributed by atoms with E-state index < -0.39 is 0 Å². The van der Waals surface area contributed by atoms with E-state index in [1.54, 1.807) is 29.1 Å². The van der Waals surface area contributed by atoms with Crippen LogP contribution in [-0.4, -0.2) is 15.1 Å². The highest BCUT2D eigenvalue weighted by atomic mass is 16.3. The molecule has 1 N–H and O–H groups in total. The van der Waals surface area contributed by atoms with Gasteiger partial charge in [0.2, 0.25) is 0 Å². The molecule has 2 heterocycles. The van der Waals surface area contributed by atoms with Gasteiger partial charge in [0.1, 0.15) is 23.3 Å². The van der Waals surface area contributed by atoms with Crippen molar-refractivity contribution >= 4 is 0 Å². The van der Waals surface area contributed by atoms with Crippen LogP contribution in [0.25, 0.3) is 5.95 Å². The standard InChI is InChI=1S/C11H11N3O/c1-8-6-9(2)13-11(12-8)14-5-3-4-10(15)7-14/h3-7H,1-2H3/p+1. The second kappa shape index (κ2) is 3.65. The van der Waals surface area contributed by atoms with Gasteiger partial charge in [-0.25, -0.2) is 4.57 Å². The van der Waals surface area contributed by atoms with Crippen LogP contribution < -0.4 is 4.57 Å². The van der Waals surface area contributed by atoms with Gasteiger partial charge < -0.3 is 5.11 Å². The van der Waals surface area contributed by atoms with Crippen molar-refractivity contribution in [3.63, 3.8) is 0 Å². The van der Waals surface area contributed by atoms with Gasteiger partial charge in [0.15, 0.2) is 0 Å². The Labute approximate surface area is 87.9 Å². The monoisotopic (exact) mass is 202 g/mol. The molecule has 76 valence electrons. The van der Waals surface area contributed by atoms with Crippen molar-refractivity contribution in [2.24, 2.45) is 0 Å². The Bertz CT molecular complexity index is 477. The highest BCUT2D eigenvalue weighted by molar-refractivity contribution is 5.14. The number of aryl methyl sites for hydroxylation is 2. The van der Waals surface area contributed by atoms with Crippen molar-refractivity contribution in [1.82, 2.24) is 9.97 Å². The summed E-state index contributed by atoms with van der Waals surface area (Å²) >= 11 is 0. The molecule has 0 aliphatic rings. The fraction of sp³-hybridized carbons (Fsp3) is 0.182. The lowest BCUT2D eigenvalue weighted by Crippen LogP contribution is -2.32. The number of hydrogen-bond donors (Lipinski definition) is 1. The number of aromatic nitrogens is 3. The molecule has 2 aromatic rings. The maximum absolute atomic E-state index is 9.34. The number of rotatable bonds is 1. The molecule has 4 nitrogen and oxygen atoms in total. The van der Waals surface area contributed by atoms with Crippen molar-refractivity contribution < 1.29 is 9.67 Å². The smallest absolute Gasteiger partial charge is 0.437 e. The van der Waals surface area contributed by atoms with Crippen molar-refractivity contribution in [2.75, 3.05) is 0 Å². The molecule has 0 amide bonds. The first-order valence-corrected chi connectivity index (χ1v) is 4.68. The van der Waals surface area contributed by atoms with Crippen LogP contribution in [0.15, 0.2) is 30.6 Å². The van der Waals surface area contributed by atoms with Crippen LogP contribution in [0.5, 0.6) is 5.75 Å². The maximum Gasteiger partial charge on any atom is 0.437 e. The van der Waals surface area contributed by atoms with E-state index in [9.17, 15) is 5.11 Å². The zero-order valence-electron chi connectivity index (χ0n) is 8.68. The average molecular weight is 202 g/mol. The van der Waals surface area contributed by atoms with Gasteiger partial charge in [0.05, 0.1) is 6.20 Å². The van der Waals surface area contributed by atoms with Crippen molar-refractivity contribution in [2.45, 2.75) is 13.8 Å². The number of nitrogens with zero attached hydrogens (tertiary/aromatic N) is 3. The van der Waals surface area contributed by atoms with E-state index in [0.29, 0.717) is 5.95 Å². The Morgan fingerprint density at radius 1 is 1.20 bits per heavy atom. The van der Waals surface area contributed by atoms with E-state index in [0.717, 1.165) is 11.4 Å². The quantitative estimate of drug-likeness (QED) is 0.704. The van der Waals surface area contributed by atoms with Crippen LogP contribution in [0.2, 0.25) is 0 Å². The van der Waals surface area contributed by atoms with E-state index in [2.05, 4.69) is 9.97 Å².